The molecule has 10 heteroatoms. The van der Waals surface area contributed by atoms with Gasteiger partial charge >= 0.3 is 5.97 Å². The van der Waals surface area contributed by atoms with Crippen molar-refractivity contribution in [3.05, 3.63) is 46.0 Å². The van der Waals surface area contributed by atoms with Crippen molar-refractivity contribution in [1.82, 2.24) is 4.57 Å². The highest BCUT2D eigenvalue weighted by Crippen LogP contribution is 2.43. The maximum Gasteiger partial charge on any atom is 0.319 e. The molecule has 1 fully saturated rings. The van der Waals surface area contributed by atoms with Crippen LogP contribution in [0.15, 0.2) is 12.1 Å². The number of aromatic nitrogens is 1. The predicted molar refractivity (Wildman–Crippen MR) is 134 cm³/mol. The van der Waals surface area contributed by atoms with Crippen molar-refractivity contribution < 1.29 is 28.2 Å². The molecule has 5 rings (SSSR count). The number of nitrogens with one attached hydrogen (secondary N) is 1. The monoisotopic (exact) mass is 512 g/mol. The number of nitrogens with two attached hydrogens (primary N) is 2. The molecule has 0 unspecified atom stereocenters. The minimum Gasteiger partial charge on any atom is -0.461 e. The largest absolute Gasteiger partial charge is 0.461 e. The van der Waals surface area contributed by atoms with Crippen molar-refractivity contribution in [2.75, 3.05) is 11.9 Å². The molecule has 9 nitrogen and oxygen atoms in total. The van der Waals surface area contributed by atoms with Gasteiger partial charge in [0.05, 0.1) is 42.4 Å². The highest BCUT2D eigenvalue weighted by atomic mass is 19.1. The zero-order chi connectivity index (χ0) is 26.5. The van der Waals surface area contributed by atoms with E-state index in [0.29, 0.717) is 68.7 Å². The molecular weight excluding hydrogens is 479 g/mol. The number of carbonyl (C=O) groups excluding carboxylic acids is 3. The molecule has 1 aromatic carbocycles. The van der Waals surface area contributed by atoms with Gasteiger partial charge in [0.25, 0.3) is 5.91 Å². The minimum atomic E-state index is -0.864. The first-order valence-electron chi connectivity index (χ1n) is 12.7. The molecule has 198 valence electrons. The van der Waals surface area contributed by atoms with Crippen molar-refractivity contribution in [2.24, 2.45) is 16.9 Å². The van der Waals surface area contributed by atoms with Crippen LogP contribution < -0.4 is 16.8 Å². The SMILES string of the molecule is CC1(C)CC(=O)c2c3c(n(-c4cc(F)c(C(N)=O)c(NC5CCC(OC(=O)CN)CC5)c4)c2C1)COC3. The lowest BCUT2D eigenvalue weighted by Crippen LogP contribution is -2.33. The third kappa shape index (κ3) is 4.75. The number of ether oxygens (including phenoxy) is 2. The summed E-state index contributed by atoms with van der Waals surface area (Å²) in [5.41, 5.74) is 14.6. The summed E-state index contributed by atoms with van der Waals surface area (Å²) >= 11 is 0. The van der Waals surface area contributed by atoms with Gasteiger partial charge in [0, 0.05) is 29.3 Å². The Morgan fingerprint density at radius 3 is 2.57 bits per heavy atom. The van der Waals surface area contributed by atoms with E-state index < -0.39 is 17.7 Å². The second-order valence-electron chi connectivity index (χ2n) is 11.0. The van der Waals surface area contributed by atoms with Crippen molar-refractivity contribution in [2.45, 2.75) is 77.7 Å². The van der Waals surface area contributed by atoms with Crippen LogP contribution >= 0.6 is 0 Å². The number of amides is 1. The fourth-order valence-electron chi connectivity index (χ4n) is 6.00. The molecule has 0 atom stereocenters. The van der Waals surface area contributed by atoms with Gasteiger partial charge in [-0.1, -0.05) is 13.8 Å². The van der Waals surface area contributed by atoms with Crippen LogP contribution in [0.25, 0.3) is 5.69 Å². The molecule has 2 heterocycles. The van der Waals surface area contributed by atoms with Gasteiger partial charge in [0.15, 0.2) is 5.78 Å². The Bertz CT molecular complexity index is 1280. The highest BCUT2D eigenvalue weighted by molar-refractivity contribution is 6.01. The number of benzene rings is 1. The summed E-state index contributed by atoms with van der Waals surface area (Å²) < 4.78 is 28.4. The summed E-state index contributed by atoms with van der Waals surface area (Å²) in [6.07, 6.45) is 3.49. The Balaban J connectivity index is 1.51. The Morgan fingerprint density at radius 1 is 1.16 bits per heavy atom. The molecule has 1 aliphatic heterocycles. The van der Waals surface area contributed by atoms with E-state index in [-0.39, 0.29) is 35.5 Å². The quantitative estimate of drug-likeness (QED) is 0.506. The van der Waals surface area contributed by atoms with Gasteiger partial charge in [-0.2, -0.15) is 0 Å². The van der Waals surface area contributed by atoms with Crippen molar-refractivity contribution in [1.29, 1.82) is 0 Å². The van der Waals surface area contributed by atoms with E-state index in [0.717, 1.165) is 17.0 Å². The fourth-order valence-corrected chi connectivity index (χ4v) is 6.00. The predicted octanol–water partition coefficient (Wildman–Crippen LogP) is 3.13. The zero-order valence-electron chi connectivity index (χ0n) is 21.2. The number of Topliss-reactive ketones (excluding diaryl/α,β-unsaturated/α-hetero) is 1. The molecule has 0 saturated heterocycles. The van der Waals surface area contributed by atoms with Gasteiger partial charge < -0.3 is 30.8 Å². The molecule has 1 amide bonds. The average Bonchev–Trinajstić information content (AvgIpc) is 3.38. The number of hydrogen-bond acceptors (Lipinski definition) is 7. The van der Waals surface area contributed by atoms with Crippen LogP contribution in [-0.2, 0) is 33.9 Å². The van der Waals surface area contributed by atoms with E-state index in [1.54, 1.807) is 6.07 Å². The van der Waals surface area contributed by atoms with Crippen LogP contribution in [0.2, 0.25) is 0 Å². The van der Waals surface area contributed by atoms with E-state index in [9.17, 15) is 14.4 Å². The third-order valence-electron chi connectivity index (χ3n) is 7.61. The lowest BCUT2D eigenvalue weighted by atomic mass is 9.75. The second-order valence-corrected chi connectivity index (χ2v) is 11.0. The first kappa shape index (κ1) is 25.4. The Kier molecular flexibility index (Phi) is 6.57. The molecule has 0 bridgehead atoms. The Hall–Kier alpha value is -3.24. The number of halogens is 1. The second kappa shape index (κ2) is 9.57. The fraction of sp³-hybridized carbons (Fsp3) is 0.519. The first-order valence-corrected chi connectivity index (χ1v) is 12.7. The Labute approximate surface area is 214 Å². The first-order chi connectivity index (χ1) is 17.6. The van der Waals surface area contributed by atoms with Crippen LogP contribution in [0, 0.1) is 11.2 Å². The van der Waals surface area contributed by atoms with Gasteiger partial charge in [0.1, 0.15) is 11.9 Å². The number of nitrogens with zero attached hydrogens (tertiary/aromatic N) is 1. The highest BCUT2D eigenvalue weighted by Gasteiger charge is 2.39. The van der Waals surface area contributed by atoms with Crippen LogP contribution in [-0.4, -0.2) is 40.9 Å². The summed E-state index contributed by atoms with van der Waals surface area (Å²) in [6, 6.07) is 2.97. The normalized spacial score (nSPS) is 22.3. The van der Waals surface area contributed by atoms with E-state index in [1.807, 2.05) is 4.57 Å². The number of rotatable bonds is 6. The van der Waals surface area contributed by atoms with Crippen molar-refractivity contribution in [3.8, 4) is 5.69 Å². The number of anilines is 1. The Morgan fingerprint density at radius 2 is 1.89 bits per heavy atom. The molecule has 2 aromatic rings. The average molecular weight is 513 g/mol. The standard InChI is InChI=1S/C27H33FN4O5/c1-27(2)9-20-24(22(33)10-27)17-12-36-13-21(17)32(20)15-7-18(28)25(26(30)35)19(8-15)31-14-3-5-16(6-4-14)37-23(34)11-29/h7-8,14,16,31H,3-6,9-13,29H2,1-2H3,(H2,30,35). The summed E-state index contributed by atoms with van der Waals surface area (Å²) in [6.45, 7) is 4.62. The number of hydrogen-bond donors (Lipinski definition) is 3. The van der Waals surface area contributed by atoms with Crippen LogP contribution in [0.3, 0.4) is 0 Å². The number of ketones is 1. The number of fused-ring (bicyclic) bond motifs is 3. The lowest BCUT2D eigenvalue weighted by molar-refractivity contribution is -0.148. The molecule has 1 saturated carbocycles. The molecule has 0 spiro atoms. The lowest BCUT2D eigenvalue weighted by Gasteiger charge is -2.31. The smallest absolute Gasteiger partial charge is 0.319 e. The number of carbonyl (C=O) groups is 3. The third-order valence-corrected chi connectivity index (χ3v) is 7.61. The topological polar surface area (TPSA) is 139 Å². The maximum atomic E-state index is 15.4. The van der Waals surface area contributed by atoms with Gasteiger partial charge in [-0.15, -0.1) is 0 Å². The molecule has 1 aromatic heterocycles. The molecular formula is C27H33FN4O5. The molecule has 3 aliphatic rings. The summed E-state index contributed by atoms with van der Waals surface area (Å²) in [5, 5.41) is 3.32. The molecule has 5 N–H and O–H groups in total. The minimum absolute atomic E-state index is 0.0614. The summed E-state index contributed by atoms with van der Waals surface area (Å²) in [7, 11) is 0. The van der Waals surface area contributed by atoms with Crippen LogP contribution in [0.4, 0.5) is 10.1 Å². The maximum absolute atomic E-state index is 15.4. The van der Waals surface area contributed by atoms with Crippen LogP contribution in [0.5, 0.6) is 0 Å². The van der Waals surface area contributed by atoms with Gasteiger partial charge in [0.2, 0.25) is 0 Å². The van der Waals surface area contributed by atoms with E-state index in [2.05, 4.69) is 19.2 Å². The van der Waals surface area contributed by atoms with Gasteiger partial charge in [-0.25, -0.2) is 4.39 Å². The molecule has 2 aliphatic carbocycles. The zero-order valence-corrected chi connectivity index (χ0v) is 21.2. The van der Waals surface area contributed by atoms with E-state index >= 15 is 4.39 Å². The number of esters is 1. The van der Waals surface area contributed by atoms with Crippen molar-refractivity contribution >= 4 is 23.3 Å². The van der Waals surface area contributed by atoms with Gasteiger partial charge in [-0.05, 0) is 49.7 Å². The van der Waals surface area contributed by atoms with E-state index in [4.69, 9.17) is 20.9 Å². The van der Waals surface area contributed by atoms with Gasteiger partial charge in [-0.3, -0.25) is 14.4 Å². The van der Waals surface area contributed by atoms with Crippen molar-refractivity contribution in [3.63, 3.8) is 0 Å². The summed E-state index contributed by atoms with van der Waals surface area (Å²) in [5.74, 6) is -1.95. The molecule has 37 heavy (non-hydrogen) atoms. The number of primary amides is 1. The van der Waals surface area contributed by atoms with Crippen LogP contribution in [0.1, 0.15) is 83.6 Å². The molecule has 0 radical (unpaired) electrons. The van der Waals surface area contributed by atoms with E-state index in [1.165, 1.54) is 6.07 Å². The summed E-state index contributed by atoms with van der Waals surface area (Å²) in [4.78, 5) is 36.9.